The predicted octanol–water partition coefficient (Wildman–Crippen LogP) is 2.52. The first-order valence-electron chi connectivity index (χ1n) is 5.61. The number of benzene rings is 1. The lowest BCUT2D eigenvalue weighted by molar-refractivity contribution is -0.101. The average molecular weight is 224 g/mol. The molecule has 1 saturated heterocycles. The molecule has 0 radical (unpaired) electrons. The molecule has 0 aliphatic carbocycles. The molecule has 88 valence electrons. The Morgan fingerprint density at radius 3 is 2.81 bits per heavy atom. The number of hydrogen-bond acceptors (Lipinski definition) is 2. The van der Waals surface area contributed by atoms with Crippen LogP contribution in [0.15, 0.2) is 18.2 Å². The fourth-order valence-electron chi connectivity index (χ4n) is 2.33. The van der Waals surface area contributed by atoms with Gasteiger partial charge < -0.3 is 9.84 Å². The van der Waals surface area contributed by atoms with Gasteiger partial charge in [-0.15, -0.1) is 0 Å². The van der Waals surface area contributed by atoms with Gasteiger partial charge in [0.1, 0.15) is 5.82 Å². The molecule has 2 unspecified atom stereocenters. The zero-order valence-electron chi connectivity index (χ0n) is 9.66. The molecule has 1 aliphatic rings. The number of hydrogen-bond donors (Lipinski definition) is 1. The van der Waals surface area contributed by atoms with E-state index in [-0.39, 0.29) is 11.9 Å². The molecule has 1 aliphatic heterocycles. The summed E-state index contributed by atoms with van der Waals surface area (Å²) < 4.78 is 18.7. The number of aliphatic hydroxyl groups is 1. The Bertz CT molecular complexity index is 371. The van der Waals surface area contributed by atoms with Crippen molar-refractivity contribution in [1.82, 2.24) is 0 Å². The lowest BCUT2D eigenvalue weighted by Gasteiger charge is -2.36. The summed E-state index contributed by atoms with van der Waals surface area (Å²) in [6.07, 6.45) is 1.07. The van der Waals surface area contributed by atoms with Crippen molar-refractivity contribution in [3.8, 4) is 0 Å². The SMILES string of the molecule is Cc1cc(F)cc(C2(O)CCOC(C)C2)c1. The smallest absolute Gasteiger partial charge is 0.123 e. The van der Waals surface area contributed by atoms with Gasteiger partial charge in [-0.05, 0) is 37.1 Å². The van der Waals surface area contributed by atoms with Gasteiger partial charge >= 0.3 is 0 Å². The molecule has 1 fully saturated rings. The van der Waals surface area contributed by atoms with E-state index in [1.165, 1.54) is 12.1 Å². The Hall–Kier alpha value is -0.930. The first kappa shape index (κ1) is 11.6. The van der Waals surface area contributed by atoms with Crippen LogP contribution in [0, 0.1) is 12.7 Å². The Balaban J connectivity index is 2.34. The second-order valence-corrected chi connectivity index (χ2v) is 4.68. The zero-order valence-corrected chi connectivity index (χ0v) is 9.66. The van der Waals surface area contributed by atoms with Gasteiger partial charge in [0.25, 0.3) is 0 Å². The Morgan fingerprint density at radius 2 is 2.19 bits per heavy atom. The molecule has 16 heavy (non-hydrogen) atoms. The minimum atomic E-state index is -0.940. The summed E-state index contributed by atoms with van der Waals surface area (Å²) in [4.78, 5) is 0. The molecule has 1 heterocycles. The first-order chi connectivity index (χ1) is 7.49. The summed E-state index contributed by atoms with van der Waals surface area (Å²) in [5.74, 6) is -0.289. The third-order valence-electron chi connectivity index (χ3n) is 3.12. The fourth-order valence-corrected chi connectivity index (χ4v) is 2.33. The predicted molar refractivity (Wildman–Crippen MR) is 59.7 cm³/mol. The lowest BCUT2D eigenvalue weighted by atomic mass is 9.83. The van der Waals surface area contributed by atoms with Crippen molar-refractivity contribution in [2.75, 3.05) is 6.61 Å². The Morgan fingerprint density at radius 1 is 1.44 bits per heavy atom. The summed E-state index contributed by atoms with van der Waals surface area (Å²) in [7, 11) is 0. The Kier molecular flexibility index (Phi) is 3.00. The van der Waals surface area contributed by atoms with Crippen LogP contribution in [0.1, 0.15) is 30.9 Å². The summed E-state index contributed by atoms with van der Waals surface area (Å²) >= 11 is 0. The molecule has 2 nitrogen and oxygen atoms in total. The molecule has 0 spiro atoms. The minimum absolute atomic E-state index is 0.0160. The zero-order chi connectivity index (χ0) is 11.8. The number of aryl methyl sites for hydroxylation is 1. The molecule has 1 aromatic carbocycles. The van der Waals surface area contributed by atoms with Gasteiger partial charge in [0.15, 0.2) is 0 Å². The van der Waals surface area contributed by atoms with E-state index < -0.39 is 5.60 Å². The third-order valence-corrected chi connectivity index (χ3v) is 3.12. The monoisotopic (exact) mass is 224 g/mol. The molecular weight excluding hydrogens is 207 g/mol. The van der Waals surface area contributed by atoms with E-state index in [1.807, 2.05) is 19.9 Å². The van der Waals surface area contributed by atoms with E-state index in [2.05, 4.69) is 0 Å². The van der Waals surface area contributed by atoms with Crippen molar-refractivity contribution in [2.24, 2.45) is 0 Å². The van der Waals surface area contributed by atoms with Gasteiger partial charge in [-0.2, -0.15) is 0 Å². The minimum Gasteiger partial charge on any atom is -0.385 e. The van der Waals surface area contributed by atoms with Crippen LogP contribution in [0.25, 0.3) is 0 Å². The summed E-state index contributed by atoms with van der Waals surface area (Å²) in [5, 5.41) is 10.5. The van der Waals surface area contributed by atoms with Crippen LogP contribution in [-0.2, 0) is 10.3 Å². The fraction of sp³-hybridized carbons (Fsp3) is 0.538. The molecule has 1 aromatic rings. The molecule has 1 N–H and O–H groups in total. The number of rotatable bonds is 1. The lowest BCUT2D eigenvalue weighted by Crippen LogP contribution is -2.37. The summed E-state index contributed by atoms with van der Waals surface area (Å²) in [6, 6.07) is 4.74. The van der Waals surface area contributed by atoms with Crippen LogP contribution in [0.3, 0.4) is 0 Å². The molecule has 2 atom stereocenters. The van der Waals surface area contributed by atoms with E-state index in [0.717, 1.165) is 5.56 Å². The van der Waals surface area contributed by atoms with Gasteiger partial charge in [-0.25, -0.2) is 4.39 Å². The van der Waals surface area contributed by atoms with E-state index in [4.69, 9.17) is 4.74 Å². The average Bonchev–Trinajstić information content (AvgIpc) is 2.15. The van der Waals surface area contributed by atoms with Crippen molar-refractivity contribution in [2.45, 2.75) is 38.4 Å². The highest BCUT2D eigenvalue weighted by Crippen LogP contribution is 2.35. The summed E-state index contributed by atoms with van der Waals surface area (Å²) in [6.45, 7) is 4.28. The number of halogens is 1. The normalized spacial score (nSPS) is 30.4. The second kappa shape index (κ2) is 4.15. The molecule has 2 rings (SSSR count). The maximum Gasteiger partial charge on any atom is 0.123 e. The maximum absolute atomic E-state index is 13.3. The van der Waals surface area contributed by atoms with Crippen molar-refractivity contribution < 1.29 is 14.2 Å². The van der Waals surface area contributed by atoms with Crippen LogP contribution in [0.4, 0.5) is 4.39 Å². The highest BCUT2D eigenvalue weighted by atomic mass is 19.1. The highest BCUT2D eigenvalue weighted by Gasteiger charge is 2.35. The van der Waals surface area contributed by atoms with E-state index in [1.54, 1.807) is 0 Å². The quantitative estimate of drug-likeness (QED) is 0.794. The van der Waals surface area contributed by atoms with Crippen LogP contribution < -0.4 is 0 Å². The van der Waals surface area contributed by atoms with Crippen LogP contribution in [0.5, 0.6) is 0 Å². The van der Waals surface area contributed by atoms with Crippen molar-refractivity contribution >= 4 is 0 Å². The Labute approximate surface area is 95.1 Å². The third kappa shape index (κ3) is 2.25. The van der Waals surface area contributed by atoms with E-state index in [9.17, 15) is 9.50 Å². The number of ether oxygens (including phenoxy) is 1. The molecule has 0 saturated carbocycles. The molecule has 0 bridgehead atoms. The van der Waals surface area contributed by atoms with Crippen LogP contribution >= 0.6 is 0 Å². The molecule has 0 amide bonds. The van der Waals surface area contributed by atoms with Gasteiger partial charge in [0, 0.05) is 12.8 Å². The van der Waals surface area contributed by atoms with E-state index >= 15 is 0 Å². The van der Waals surface area contributed by atoms with Gasteiger partial charge in [0.2, 0.25) is 0 Å². The first-order valence-corrected chi connectivity index (χ1v) is 5.61. The maximum atomic E-state index is 13.3. The molecule has 0 aromatic heterocycles. The second-order valence-electron chi connectivity index (χ2n) is 4.68. The van der Waals surface area contributed by atoms with Crippen LogP contribution in [-0.4, -0.2) is 17.8 Å². The topological polar surface area (TPSA) is 29.5 Å². The molecular formula is C13H17FO2. The van der Waals surface area contributed by atoms with Crippen molar-refractivity contribution in [3.63, 3.8) is 0 Å². The summed E-state index contributed by atoms with van der Waals surface area (Å²) in [5.41, 5.74) is 0.563. The standard InChI is InChI=1S/C13H17FO2/c1-9-5-11(7-12(14)6-9)13(15)3-4-16-10(2)8-13/h5-7,10,15H,3-4,8H2,1-2H3. The van der Waals surface area contributed by atoms with Gasteiger partial charge in [-0.3, -0.25) is 0 Å². The highest BCUT2D eigenvalue weighted by molar-refractivity contribution is 5.29. The largest absolute Gasteiger partial charge is 0.385 e. The molecule has 3 heteroatoms. The van der Waals surface area contributed by atoms with Crippen LogP contribution in [0.2, 0.25) is 0 Å². The van der Waals surface area contributed by atoms with Crippen molar-refractivity contribution in [3.05, 3.63) is 35.1 Å². The van der Waals surface area contributed by atoms with Crippen molar-refractivity contribution in [1.29, 1.82) is 0 Å². The van der Waals surface area contributed by atoms with Gasteiger partial charge in [-0.1, -0.05) is 6.07 Å². The van der Waals surface area contributed by atoms with E-state index in [0.29, 0.717) is 25.0 Å². The van der Waals surface area contributed by atoms with Gasteiger partial charge in [0.05, 0.1) is 18.3 Å².